The third-order valence-corrected chi connectivity index (χ3v) is 5.89. The van der Waals surface area contributed by atoms with Crippen molar-refractivity contribution < 1.29 is 27.9 Å². The lowest BCUT2D eigenvalue weighted by molar-refractivity contribution is -0.117. The van der Waals surface area contributed by atoms with Crippen molar-refractivity contribution in [2.45, 2.75) is 25.9 Å². The number of cyclic esters (lactones) is 1. The number of carbonyl (C=O) groups excluding carboxylic acids is 3. The first-order valence-corrected chi connectivity index (χ1v) is 11.1. The number of hydrazine groups is 1. The van der Waals surface area contributed by atoms with Crippen LogP contribution in [0.1, 0.15) is 30.1 Å². The number of carbonyl (C=O) groups is 3. The summed E-state index contributed by atoms with van der Waals surface area (Å²) < 4.78 is 33.5. The number of anilines is 2. The van der Waals surface area contributed by atoms with Gasteiger partial charge in [0.05, 0.1) is 24.5 Å². The highest BCUT2D eigenvalue weighted by Crippen LogP contribution is 2.29. The molecule has 2 fully saturated rings. The van der Waals surface area contributed by atoms with Gasteiger partial charge in [-0.2, -0.15) is 0 Å². The predicted molar refractivity (Wildman–Crippen MR) is 122 cm³/mol. The van der Waals surface area contributed by atoms with Crippen molar-refractivity contribution in [2.24, 2.45) is 0 Å². The predicted octanol–water partition coefficient (Wildman–Crippen LogP) is 3.13. The first kappa shape index (κ1) is 23.6. The lowest BCUT2D eigenvalue weighted by Gasteiger charge is -2.24. The number of ketones is 1. The molecule has 2 heterocycles. The summed E-state index contributed by atoms with van der Waals surface area (Å²) in [7, 11) is 0. The topological polar surface area (TPSA) is 82.2 Å². The quantitative estimate of drug-likeness (QED) is 0.696. The van der Waals surface area contributed by atoms with Crippen molar-refractivity contribution in [1.82, 2.24) is 10.4 Å². The fourth-order valence-electron chi connectivity index (χ4n) is 4.06. The van der Waals surface area contributed by atoms with Gasteiger partial charge < -0.3 is 14.4 Å². The van der Waals surface area contributed by atoms with Crippen LogP contribution in [0.5, 0.6) is 0 Å². The number of benzene rings is 2. The number of Topliss-reactive ketones (excluding diaryl/α,β-unsaturated/α-hetero) is 1. The van der Waals surface area contributed by atoms with Gasteiger partial charge in [0.25, 0.3) is 5.91 Å². The molecule has 180 valence electrons. The minimum absolute atomic E-state index is 0.0229. The number of halogens is 2. The molecule has 2 saturated heterocycles. The number of rotatable bonds is 6. The van der Waals surface area contributed by atoms with E-state index in [1.165, 1.54) is 47.2 Å². The number of hydrogen-bond donors (Lipinski definition) is 1. The molecule has 2 aliphatic heterocycles. The van der Waals surface area contributed by atoms with Gasteiger partial charge in [0.2, 0.25) is 0 Å². The molecule has 0 saturated carbocycles. The lowest BCUT2D eigenvalue weighted by Crippen LogP contribution is -2.43. The maximum absolute atomic E-state index is 15.1. The largest absolute Gasteiger partial charge is 0.444 e. The van der Waals surface area contributed by atoms with E-state index in [2.05, 4.69) is 5.43 Å². The molecule has 2 amide bonds. The van der Waals surface area contributed by atoms with Crippen LogP contribution >= 0.6 is 0 Å². The van der Waals surface area contributed by atoms with Crippen LogP contribution in [0.3, 0.4) is 0 Å². The molecule has 2 aliphatic rings. The van der Waals surface area contributed by atoms with E-state index in [4.69, 9.17) is 4.74 Å². The van der Waals surface area contributed by atoms with Crippen LogP contribution in [0.4, 0.5) is 25.0 Å². The molecule has 34 heavy (non-hydrogen) atoms. The van der Waals surface area contributed by atoms with Crippen LogP contribution in [0.2, 0.25) is 0 Å². The highest BCUT2D eigenvalue weighted by Gasteiger charge is 2.33. The van der Waals surface area contributed by atoms with Crippen molar-refractivity contribution in [1.29, 1.82) is 0 Å². The summed E-state index contributed by atoms with van der Waals surface area (Å²) in [6, 6.07) is 9.88. The van der Waals surface area contributed by atoms with E-state index in [1.54, 1.807) is 12.1 Å². The zero-order chi connectivity index (χ0) is 24.2. The van der Waals surface area contributed by atoms with Gasteiger partial charge in [0.1, 0.15) is 23.5 Å². The Balaban J connectivity index is 1.40. The lowest BCUT2D eigenvalue weighted by atomic mass is 10.1. The third kappa shape index (κ3) is 5.33. The highest BCUT2D eigenvalue weighted by atomic mass is 19.1. The third-order valence-electron chi connectivity index (χ3n) is 5.89. The van der Waals surface area contributed by atoms with Gasteiger partial charge in [0.15, 0.2) is 0 Å². The SMILES string of the molecule is CC(=O)CC[C@H]1CN(c2ccc(N3CCNN(C(=O)c4ccc(F)cc4)CC3)c(F)c2)C(=O)O1. The zero-order valence-electron chi connectivity index (χ0n) is 18.8. The average Bonchev–Trinajstić information content (AvgIpc) is 3.02. The van der Waals surface area contributed by atoms with Crippen LogP contribution in [0.25, 0.3) is 0 Å². The molecule has 0 radical (unpaired) electrons. The molecule has 0 aromatic heterocycles. The first-order valence-electron chi connectivity index (χ1n) is 11.1. The monoisotopic (exact) mass is 472 g/mol. The van der Waals surface area contributed by atoms with Crippen LogP contribution in [-0.4, -0.2) is 61.6 Å². The minimum Gasteiger partial charge on any atom is -0.444 e. The zero-order valence-corrected chi connectivity index (χ0v) is 18.8. The van der Waals surface area contributed by atoms with E-state index in [9.17, 15) is 18.8 Å². The Labute approximate surface area is 196 Å². The van der Waals surface area contributed by atoms with Gasteiger partial charge in [-0.25, -0.2) is 19.0 Å². The van der Waals surface area contributed by atoms with Crippen molar-refractivity contribution in [3.63, 3.8) is 0 Å². The molecule has 0 unspecified atom stereocenters. The minimum atomic E-state index is -0.561. The van der Waals surface area contributed by atoms with Gasteiger partial charge >= 0.3 is 6.09 Å². The number of nitrogens with zero attached hydrogens (tertiary/aromatic N) is 3. The molecular weight excluding hydrogens is 446 g/mol. The van der Waals surface area contributed by atoms with Crippen LogP contribution < -0.4 is 15.2 Å². The molecule has 4 rings (SSSR count). The number of hydrogen-bond acceptors (Lipinski definition) is 6. The second-order valence-electron chi connectivity index (χ2n) is 8.35. The second kappa shape index (κ2) is 10.2. The van der Waals surface area contributed by atoms with Gasteiger partial charge in [-0.3, -0.25) is 14.7 Å². The van der Waals surface area contributed by atoms with Gasteiger partial charge in [-0.15, -0.1) is 0 Å². The van der Waals surface area contributed by atoms with Crippen LogP contribution in [-0.2, 0) is 9.53 Å². The number of amides is 2. The van der Waals surface area contributed by atoms with E-state index in [1.807, 2.05) is 4.90 Å². The summed E-state index contributed by atoms with van der Waals surface area (Å²) >= 11 is 0. The Kier molecular flexibility index (Phi) is 7.06. The normalized spacial score (nSPS) is 18.6. The molecular formula is C24H26F2N4O4. The van der Waals surface area contributed by atoms with Crippen LogP contribution in [0, 0.1) is 11.6 Å². The fraction of sp³-hybridized carbons (Fsp3) is 0.375. The Hall–Kier alpha value is -3.53. The molecule has 10 heteroatoms. The molecule has 0 spiro atoms. The Morgan fingerprint density at radius 1 is 1.09 bits per heavy atom. The maximum Gasteiger partial charge on any atom is 0.414 e. The molecule has 2 aromatic carbocycles. The molecule has 1 N–H and O–H groups in total. The number of ether oxygens (including phenoxy) is 1. The molecule has 0 bridgehead atoms. The Morgan fingerprint density at radius 2 is 1.85 bits per heavy atom. The summed E-state index contributed by atoms with van der Waals surface area (Å²) in [5.74, 6) is -1.17. The van der Waals surface area contributed by atoms with Gasteiger partial charge in [-0.05, 0) is 55.8 Å². The fourth-order valence-corrected chi connectivity index (χ4v) is 4.06. The summed E-state index contributed by atoms with van der Waals surface area (Å²) in [6.45, 7) is 3.30. The molecule has 0 aliphatic carbocycles. The van der Waals surface area contributed by atoms with E-state index in [-0.39, 0.29) is 18.2 Å². The summed E-state index contributed by atoms with van der Waals surface area (Å²) in [5, 5.41) is 1.45. The van der Waals surface area contributed by atoms with Crippen LogP contribution in [0.15, 0.2) is 42.5 Å². The van der Waals surface area contributed by atoms with Gasteiger partial charge in [-0.1, -0.05) is 0 Å². The molecule has 8 nitrogen and oxygen atoms in total. The Bertz CT molecular complexity index is 1080. The highest BCUT2D eigenvalue weighted by molar-refractivity contribution is 5.94. The van der Waals surface area contributed by atoms with E-state index >= 15 is 4.39 Å². The van der Waals surface area contributed by atoms with E-state index in [0.717, 1.165) is 0 Å². The summed E-state index contributed by atoms with van der Waals surface area (Å²) in [4.78, 5) is 39.3. The Morgan fingerprint density at radius 3 is 2.56 bits per heavy atom. The first-order chi connectivity index (χ1) is 16.3. The molecule has 2 aromatic rings. The second-order valence-corrected chi connectivity index (χ2v) is 8.35. The van der Waals surface area contributed by atoms with Crippen molar-refractivity contribution >= 4 is 29.2 Å². The molecule has 1 atom stereocenters. The standard InChI is InChI=1S/C24H26F2N4O4/c1-16(31)2-8-20-15-29(24(33)34-20)19-7-9-22(21(26)14-19)28-11-10-27-30(13-12-28)23(32)17-3-5-18(25)6-4-17/h3-7,9,14,20,27H,2,8,10-13,15H2,1H3/t20-/m0/s1. The smallest absolute Gasteiger partial charge is 0.414 e. The van der Waals surface area contributed by atoms with Crippen molar-refractivity contribution in [3.8, 4) is 0 Å². The summed E-state index contributed by atoms with van der Waals surface area (Å²) in [6.07, 6.45) is -0.204. The average molecular weight is 472 g/mol. The van der Waals surface area contributed by atoms with Crippen molar-refractivity contribution in [3.05, 3.63) is 59.7 Å². The van der Waals surface area contributed by atoms with E-state index < -0.39 is 23.8 Å². The number of nitrogens with one attached hydrogen (secondary N) is 1. The van der Waals surface area contributed by atoms with Crippen molar-refractivity contribution in [2.75, 3.05) is 42.5 Å². The maximum atomic E-state index is 15.1. The summed E-state index contributed by atoms with van der Waals surface area (Å²) in [5.41, 5.74) is 4.14. The van der Waals surface area contributed by atoms with E-state index in [0.29, 0.717) is 56.0 Å². The van der Waals surface area contributed by atoms with Gasteiger partial charge in [0, 0.05) is 31.6 Å².